The molecule has 0 saturated carbocycles. The van der Waals surface area contributed by atoms with Crippen molar-refractivity contribution >= 4 is 47.5 Å². The Morgan fingerprint density at radius 1 is 1.32 bits per heavy atom. The summed E-state index contributed by atoms with van der Waals surface area (Å²) >= 11 is 7.16. The van der Waals surface area contributed by atoms with Gasteiger partial charge >= 0.3 is 0 Å². The molecule has 0 amide bonds. The molecule has 0 aliphatic carbocycles. The van der Waals surface area contributed by atoms with E-state index in [2.05, 4.69) is 6.58 Å². The molecule has 0 radical (unpaired) electrons. The zero-order valence-corrected chi connectivity index (χ0v) is 17.0. The number of nitrogens with two attached hydrogens (primary N) is 1. The number of rotatable bonds is 4. The van der Waals surface area contributed by atoms with Crippen LogP contribution in [-0.2, 0) is 0 Å². The molecule has 0 fully saturated rings. The van der Waals surface area contributed by atoms with E-state index in [4.69, 9.17) is 22.1 Å². The molecule has 0 atom stereocenters. The first-order valence-corrected chi connectivity index (χ1v) is 9.52. The Labute approximate surface area is 170 Å². The third kappa shape index (κ3) is 3.98. The van der Waals surface area contributed by atoms with E-state index in [1.807, 2.05) is 0 Å². The molecule has 3 rings (SSSR count). The Hall–Kier alpha value is -2.96. The van der Waals surface area contributed by atoms with Crippen molar-refractivity contribution in [2.45, 2.75) is 6.92 Å². The van der Waals surface area contributed by atoms with Crippen LogP contribution < -0.4 is 25.2 Å². The zero-order chi connectivity index (χ0) is 20.4. The lowest BCUT2D eigenvalue weighted by atomic mass is 10.1. The van der Waals surface area contributed by atoms with Gasteiger partial charge in [0.1, 0.15) is 0 Å². The lowest BCUT2D eigenvalue weighted by molar-refractivity contribution is 0.371. The van der Waals surface area contributed by atoms with E-state index in [0.29, 0.717) is 31.2 Å². The minimum absolute atomic E-state index is 0.0831. The van der Waals surface area contributed by atoms with E-state index in [9.17, 15) is 9.90 Å². The van der Waals surface area contributed by atoms with E-state index in [0.717, 1.165) is 11.1 Å². The maximum Gasteiger partial charge on any atom is 0.273 e. The highest BCUT2D eigenvalue weighted by Gasteiger charge is 2.08. The molecule has 1 heterocycles. The summed E-state index contributed by atoms with van der Waals surface area (Å²) < 4.78 is 7.65. The average molecular weight is 415 g/mol. The molecule has 0 spiro atoms. The Morgan fingerprint density at radius 3 is 2.64 bits per heavy atom. The van der Waals surface area contributed by atoms with E-state index in [1.54, 1.807) is 55.6 Å². The third-order valence-corrected chi connectivity index (χ3v) is 5.37. The van der Waals surface area contributed by atoms with Crippen LogP contribution in [0.1, 0.15) is 16.7 Å². The smallest absolute Gasteiger partial charge is 0.273 e. The number of aromatic hydroxyl groups is 1. The number of phenolic OH excluding ortho intramolecular Hbond substituents is 1. The number of benzene rings is 2. The Bertz CT molecular complexity index is 1220. The SMILES string of the molecule is C=c1s/c(=C\c2cc(C)c(O)c(OC)c2)c(=O)n1/C=C(\N)c1ccc(Cl)cc1. The maximum absolute atomic E-state index is 12.8. The topological polar surface area (TPSA) is 77.5 Å². The van der Waals surface area contributed by atoms with Crippen LogP contribution in [0.15, 0.2) is 41.2 Å². The minimum atomic E-state index is -0.225. The molecule has 0 aliphatic rings. The van der Waals surface area contributed by atoms with Crippen molar-refractivity contribution < 1.29 is 9.84 Å². The summed E-state index contributed by atoms with van der Waals surface area (Å²) in [6.07, 6.45) is 3.30. The summed E-state index contributed by atoms with van der Waals surface area (Å²) in [7, 11) is 1.48. The Balaban J connectivity index is 2.08. The summed E-state index contributed by atoms with van der Waals surface area (Å²) in [6, 6.07) is 10.5. The third-order valence-electron chi connectivity index (χ3n) is 4.18. The Morgan fingerprint density at radius 2 is 2.00 bits per heavy atom. The highest BCUT2D eigenvalue weighted by atomic mass is 35.5. The molecule has 2 aromatic carbocycles. The molecule has 3 aromatic rings. The molecule has 3 N–H and O–H groups in total. The molecular weight excluding hydrogens is 396 g/mol. The van der Waals surface area contributed by atoms with Gasteiger partial charge in [0.2, 0.25) is 0 Å². The van der Waals surface area contributed by atoms with Gasteiger partial charge in [0.25, 0.3) is 5.56 Å². The summed E-state index contributed by atoms with van der Waals surface area (Å²) in [5.41, 5.74) is 8.49. The molecule has 5 nitrogen and oxygen atoms in total. The van der Waals surface area contributed by atoms with Gasteiger partial charge in [-0.05, 0) is 54.0 Å². The number of hydrogen-bond donors (Lipinski definition) is 2. The first-order valence-electron chi connectivity index (χ1n) is 8.33. The zero-order valence-electron chi connectivity index (χ0n) is 15.4. The number of hydrogen-bond acceptors (Lipinski definition) is 5. The lowest BCUT2D eigenvalue weighted by Crippen LogP contribution is -2.28. The molecule has 0 aliphatic heterocycles. The van der Waals surface area contributed by atoms with Gasteiger partial charge in [0.15, 0.2) is 11.5 Å². The van der Waals surface area contributed by atoms with Crippen molar-refractivity contribution in [1.82, 2.24) is 4.57 Å². The Kier molecular flexibility index (Phi) is 5.63. The fourth-order valence-corrected chi connectivity index (χ4v) is 3.69. The predicted octanol–water partition coefficient (Wildman–Crippen LogP) is 2.74. The second kappa shape index (κ2) is 7.96. The van der Waals surface area contributed by atoms with Crippen LogP contribution in [0, 0.1) is 6.92 Å². The number of halogens is 1. The molecule has 0 bridgehead atoms. The van der Waals surface area contributed by atoms with E-state index >= 15 is 0 Å². The van der Waals surface area contributed by atoms with Gasteiger partial charge in [0.05, 0.1) is 22.0 Å². The van der Waals surface area contributed by atoms with Crippen LogP contribution in [0.25, 0.3) is 24.6 Å². The summed E-state index contributed by atoms with van der Waals surface area (Å²) in [4.78, 5) is 12.8. The molecule has 144 valence electrons. The lowest BCUT2D eigenvalue weighted by Gasteiger charge is -2.07. The monoisotopic (exact) mass is 414 g/mol. The van der Waals surface area contributed by atoms with E-state index < -0.39 is 0 Å². The van der Waals surface area contributed by atoms with E-state index in [1.165, 1.54) is 23.0 Å². The highest BCUT2D eigenvalue weighted by molar-refractivity contribution is 7.07. The second-order valence-electron chi connectivity index (χ2n) is 6.16. The largest absolute Gasteiger partial charge is 0.504 e. The van der Waals surface area contributed by atoms with Crippen molar-refractivity contribution in [3.63, 3.8) is 0 Å². The highest BCUT2D eigenvalue weighted by Crippen LogP contribution is 2.30. The molecule has 7 heteroatoms. The van der Waals surface area contributed by atoms with Gasteiger partial charge in [-0.2, -0.15) is 0 Å². The van der Waals surface area contributed by atoms with Gasteiger partial charge in [-0.15, -0.1) is 11.3 Å². The van der Waals surface area contributed by atoms with Gasteiger partial charge < -0.3 is 15.6 Å². The predicted molar refractivity (Wildman–Crippen MR) is 116 cm³/mol. The van der Waals surface area contributed by atoms with Crippen LogP contribution in [-0.4, -0.2) is 16.8 Å². The molecule has 1 aromatic heterocycles. The fraction of sp³-hybridized carbons (Fsp3) is 0.0952. The molecular formula is C21H19ClN2O3S. The minimum Gasteiger partial charge on any atom is -0.504 e. The standard InChI is InChI=1S/C21H19ClN2O3S/c1-12-8-14(9-18(27-3)20(12)25)10-19-21(26)24(13(2)28-19)11-17(23)15-4-6-16(22)7-5-15/h4-11,25H,2,23H2,1,3H3/b17-11-,19-10-. The van der Waals surface area contributed by atoms with Gasteiger partial charge in [-0.1, -0.05) is 30.3 Å². The van der Waals surface area contributed by atoms with Crippen LogP contribution >= 0.6 is 22.9 Å². The number of methoxy groups -OCH3 is 1. The average Bonchev–Trinajstić information content (AvgIpc) is 2.92. The van der Waals surface area contributed by atoms with Crippen molar-refractivity contribution in [2.24, 2.45) is 5.73 Å². The number of thiazole rings is 1. The first-order chi connectivity index (χ1) is 13.3. The second-order valence-corrected chi connectivity index (χ2v) is 7.71. The van der Waals surface area contributed by atoms with Gasteiger partial charge in [-0.3, -0.25) is 9.36 Å². The van der Waals surface area contributed by atoms with E-state index in [-0.39, 0.29) is 11.3 Å². The van der Waals surface area contributed by atoms with Crippen molar-refractivity contribution in [3.8, 4) is 11.5 Å². The first kappa shape index (κ1) is 19.8. The quantitative estimate of drug-likeness (QED) is 0.688. The molecule has 0 unspecified atom stereocenters. The summed E-state index contributed by atoms with van der Waals surface area (Å²) in [5.74, 6) is 0.435. The number of phenols is 1. The normalized spacial score (nSPS) is 12.4. The fourth-order valence-electron chi connectivity index (χ4n) is 2.69. The number of aryl methyl sites for hydroxylation is 1. The van der Waals surface area contributed by atoms with Crippen LogP contribution in [0.5, 0.6) is 11.5 Å². The summed E-state index contributed by atoms with van der Waals surface area (Å²) in [6.45, 7) is 5.71. The van der Waals surface area contributed by atoms with Crippen LogP contribution in [0.4, 0.5) is 0 Å². The molecule has 0 saturated heterocycles. The van der Waals surface area contributed by atoms with Crippen molar-refractivity contribution in [2.75, 3.05) is 7.11 Å². The number of nitrogens with zero attached hydrogens (tertiary/aromatic N) is 1. The van der Waals surface area contributed by atoms with Crippen LogP contribution in [0.2, 0.25) is 5.02 Å². The number of aromatic nitrogens is 1. The van der Waals surface area contributed by atoms with Crippen molar-refractivity contribution in [1.29, 1.82) is 0 Å². The maximum atomic E-state index is 12.8. The number of ether oxygens (including phenoxy) is 1. The van der Waals surface area contributed by atoms with Crippen molar-refractivity contribution in [3.05, 3.63) is 77.7 Å². The van der Waals surface area contributed by atoms with Gasteiger partial charge in [0, 0.05) is 11.2 Å². The summed E-state index contributed by atoms with van der Waals surface area (Å²) in [5, 5.41) is 10.6. The molecule has 28 heavy (non-hydrogen) atoms. The van der Waals surface area contributed by atoms with Gasteiger partial charge in [-0.25, -0.2) is 0 Å². The van der Waals surface area contributed by atoms with Crippen LogP contribution in [0.3, 0.4) is 0 Å².